The minimum atomic E-state index is -4.50. The molecule has 0 saturated carbocycles. The fourth-order valence-electron chi connectivity index (χ4n) is 6.52. The third-order valence-corrected chi connectivity index (χ3v) is 8.90. The molecule has 14 nitrogen and oxygen atoms in total. The quantitative estimate of drug-likeness (QED) is 0.200. The number of nitrogens with one attached hydrogen (secondary N) is 4. The average Bonchev–Trinajstić information content (AvgIpc) is 3.90. The van der Waals surface area contributed by atoms with E-state index in [1.165, 1.54) is 0 Å². The summed E-state index contributed by atoms with van der Waals surface area (Å²) in [6.07, 6.45) is 5.67. The van der Waals surface area contributed by atoms with Crippen LogP contribution in [0.4, 0.5) is 24.8 Å². The van der Waals surface area contributed by atoms with Crippen molar-refractivity contribution >= 4 is 67.3 Å². The minimum Gasteiger partial charge on any atom is -0.354 e. The molecule has 8 rings (SSSR count). The number of nitrogens with zero attached hydrogens (tertiary/aromatic N) is 8. The molecule has 0 radical (unpaired) electrons. The second kappa shape index (κ2) is 13.4. The van der Waals surface area contributed by atoms with E-state index in [0.29, 0.717) is 31.0 Å². The Labute approximate surface area is 283 Å². The van der Waals surface area contributed by atoms with Crippen LogP contribution in [0.3, 0.4) is 0 Å². The molecule has 4 N–H and O–H groups in total. The van der Waals surface area contributed by atoms with Gasteiger partial charge in [0.1, 0.15) is 18.1 Å². The Hall–Kier alpha value is -5.61. The predicted molar refractivity (Wildman–Crippen MR) is 181 cm³/mol. The van der Waals surface area contributed by atoms with Gasteiger partial charge in [-0.05, 0) is 25.0 Å². The van der Waals surface area contributed by atoms with Gasteiger partial charge in [0.25, 0.3) is 0 Å². The Morgan fingerprint density at radius 2 is 1.30 bits per heavy atom. The summed E-state index contributed by atoms with van der Waals surface area (Å²) in [6, 6.07) is 3.64. The SMILES string of the molecule is CC(C)C(=O)NC1CCN(c2nc[nH]c3cnc4nccc4c23)C1.O=C(CC(F)(F)F)NC1CCN(c2nc[nH]c3cnc4nccc4c23)C1. The summed E-state index contributed by atoms with van der Waals surface area (Å²) in [5.41, 5.74) is 3.07. The molecule has 0 aliphatic carbocycles. The molecule has 6 aromatic rings. The van der Waals surface area contributed by atoms with Crippen LogP contribution in [-0.2, 0) is 9.59 Å². The van der Waals surface area contributed by atoms with Gasteiger partial charge in [-0.1, -0.05) is 13.8 Å². The van der Waals surface area contributed by atoms with Gasteiger partial charge in [0.05, 0.1) is 46.9 Å². The number of anilines is 2. The van der Waals surface area contributed by atoms with Gasteiger partial charge in [0, 0.05) is 67.3 Å². The number of alkyl halides is 3. The second-order valence-corrected chi connectivity index (χ2v) is 12.8. The Morgan fingerprint density at radius 1 is 0.800 bits per heavy atom. The number of aromatic nitrogens is 8. The van der Waals surface area contributed by atoms with Crippen LogP contribution in [0, 0.1) is 5.92 Å². The van der Waals surface area contributed by atoms with Crippen LogP contribution in [-0.4, -0.2) is 96.1 Å². The number of carbonyl (C=O) groups is 2. The summed E-state index contributed by atoms with van der Waals surface area (Å²) in [5, 5.41) is 9.32. The molecule has 0 bridgehead atoms. The maximum absolute atomic E-state index is 12.3. The molecule has 8 heterocycles. The first-order chi connectivity index (χ1) is 24.0. The van der Waals surface area contributed by atoms with E-state index in [4.69, 9.17) is 0 Å². The number of fused-ring (bicyclic) bond motifs is 6. The highest BCUT2D eigenvalue weighted by molar-refractivity contribution is 6.09. The molecule has 2 aliphatic rings. The monoisotopic (exact) mass is 688 g/mol. The van der Waals surface area contributed by atoms with Gasteiger partial charge in [-0.25, -0.2) is 29.9 Å². The van der Waals surface area contributed by atoms with Gasteiger partial charge in [-0.15, -0.1) is 0 Å². The molecule has 2 aliphatic heterocycles. The van der Waals surface area contributed by atoms with Crippen LogP contribution < -0.4 is 20.4 Å². The fraction of sp³-hybridized carbons (Fsp3) is 0.394. The highest BCUT2D eigenvalue weighted by Crippen LogP contribution is 2.32. The number of aromatic amines is 2. The molecule has 17 heteroatoms. The van der Waals surface area contributed by atoms with Gasteiger partial charge in [0.15, 0.2) is 11.3 Å². The lowest BCUT2D eigenvalue weighted by Gasteiger charge is -2.20. The van der Waals surface area contributed by atoms with Crippen molar-refractivity contribution in [1.29, 1.82) is 0 Å². The predicted octanol–water partition coefficient (Wildman–Crippen LogP) is 4.01. The molecule has 2 atom stereocenters. The number of hydrogen-bond donors (Lipinski definition) is 4. The maximum Gasteiger partial charge on any atom is 0.397 e. The van der Waals surface area contributed by atoms with Crippen LogP contribution in [0.15, 0.2) is 49.6 Å². The van der Waals surface area contributed by atoms with Gasteiger partial charge in [0.2, 0.25) is 11.8 Å². The third-order valence-electron chi connectivity index (χ3n) is 8.90. The van der Waals surface area contributed by atoms with E-state index in [1.807, 2.05) is 30.9 Å². The standard InChI is InChI=1S/C17H20N6O.C16H15F3N6O/c1-10(2)17(24)22-11-4-6-23(8-11)16-14-12-3-5-18-15(12)19-7-13(14)20-9-21-16;17-16(18,19)5-12(26)24-9-2-4-25(7-9)15-13-10-1-3-20-14(10)21-6-11(13)22-8-23-15/h3,5,7,9-11H,4,6,8H2,1-2H3,(H,20,21)(H,22,24);1,3,6,8-9H,2,4-5,7H2,(H,22,23)(H,24,26). The smallest absolute Gasteiger partial charge is 0.354 e. The zero-order valence-corrected chi connectivity index (χ0v) is 27.3. The van der Waals surface area contributed by atoms with Gasteiger partial charge in [-0.2, -0.15) is 13.2 Å². The Bertz CT molecular complexity index is 2180. The van der Waals surface area contributed by atoms with Crippen LogP contribution >= 0.6 is 0 Å². The van der Waals surface area contributed by atoms with E-state index in [1.54, 1.807) is 37.4 Å². The van der Waals surface area contributed by atoms with E-state index in [2.05, 4.69) is 55.4 Å². The van der Waals surface area contributed by atoms with Crippen molar-refractivity contribution in [3.63, 3.8) is 0 Å². The Balaban J connectivity index is 0.000000157. The first kappa shape index (κ1) is 32.9. The number of halogens is 3. The van der Waals surface area contributed by atoms with Crippen LogP contribution in [0.5, 0.6) is 0 Å². The molecule has 2 saturated heterocycles. The van der Waals surface area contributed by atoms with E-state index in [9.17, 15) is 22.8 Å². The topological polar surface area (TPSA) is 174 Å². The molecule has 2 unspecified atom stereocenters. The summed E-state index contributed by atoms with van der Waals surface area (Å²) in [7, 11) is 0. The molecular formula is C33H35F3N12O2. The number of H-pyrrole nitrogens is 2. The van der Waals surface area contributed by atoms with Gasteiger partial charge < -0.3 is 30.4 Å². The Kier molecular flexibility index (Phi) is 8.80. The lowest BCUT2D eigenvalue weighted by atomic mass is 10.2. The number of hydrogen-bond acceptors (Lipinski definition) is 10. The molecule has 0 spiro atoms. The second-order valence-electron chi connectivity index (χ2n) is 12.8. The molecule has 0 aromatic carbocycles. The summed E-state index contributed by atoms with van der Waals surface area (Å²) < 4.78 is 37.0. The average molecular weight is 689 g/mol. The number of pyridine rings is 2. The van der Waals surface area contributed by atoms with Gasteiger partial charge in [-0.3, -0.25) is 9.59 Å². The van der Waals surface area contributed by atoms with Crippen molar-refractivity contribution < 1.29 is 22.8 Å². The molecular weight excluding hydrogens is 653 g/mol. The summed E-state index contributed by atoms with van der Waals surface area (Å²) in [6.45, 7) is 6.44. The molecule has 50 heavy (non-hydrogen) atoms. The zero-order valence-electron chi connectivity index (χ0n) is 27.3. The van der Waals surface area contributed by atoms with Crippen molar-refractivity contribution in [3.05, 3.63) is 49.6 Å². The number of rotatable bonds is 6. The molecule has 2 fully saturated rings. The van der Waals surface area contributed by atoms with E-state index in [-0.39, 0.29) is 23.9 Å². The lowest BCUT2D eigenvalue weighted by molar-refractivity contribution is -0.154. The lowest BCUT2D eigenvalue weighted by Crippen LogP contribution is -2.39. The summed E-state index contributed by atoms with van der Waals surface area (Å²) in [4.78, 5) is 59.9. The Morgan fingerprint density at radius 3 is 1.78 bits per heavy atom. The zero-order chi connectivity index (χ0) is 35.0. The summed E-state index contributed by atoms with van der Waals surface area (Å²) >= 11 is 0. The van der Waals surface area contributed by atoms with Gasteiger partial charge >= 0.3 is 6.18 Å². The fourth-order valence-corrected chi connectivity index (χ4v) is 6.52. The molecule has 2 amide bonds. The highest BCUT2D eigenvalue weighted by Gasteiger charge is 2.34. The molecule has 260 valence electrons. The normalized spacial score (nSPS) is 18.0. The minimum absolute atomic E-state index is 0.00502. The number of carbonyl (C=O) groups excluding carboxylic acids is 2. The van der Waals surface area contributed by atoms with Crippen LogP contribution in [0.2, 0.25) is 0 Å². The van der Waals surface area contributed by atoms with Crippen LogP contribution in [0.1, 0.15) is 33.1 Å². The highest BCUT2D eigenvalue weighted by atomic mass is 19.4. The largest absolute Gasteiger partial charge is 0.397 e. The van der Waals surface area contributed by atoms with E-state index < -0.39 is 18.5 Å². The van der Waals surface area contributed by atoms with Crippen LogP contribution in [0.25, 0.3) is 43.9 Å². The first-order valence-electron chi connectivity index (χ1n) is 16.3. The first-order valence-corrected chi connectivity index (χ1v) is 16.3. The molecule has 6 aromatic heterocycles. The maximum atomic E-state index is 12.3. The third kappa shape index (κ3) is 6.79. The van der Waals surface area contributed by atoms with E-state index >= 15 is 0 Å². The van der Waals surface area contributed by atoms with Crippen molar-refractivity contribution in [1.82, 2.24) is 50.5 Å². The van der Waals surface area contributed by atoms with Crippen molar-refractivity contribution in [2.45, 2.75) is 51.4 Å². The summed E-state index contributed by atoms with van der Waals surface area (Å²) in [5.74, 6) is 0.728. The van der Waals surface area contributed by atoms with Crippen molar-refractivity contribution in [3.8, 4) is 0 Å². The number of amides is 2. The van der Waals surface area contributed by atoms with E-state index in [0.717, 1.165) is 63.6 Å². The van der Waals surface area contributed by atoms with Crippen molar-refractivity contribution in [2.24, 2.45) is 5.92 Å². The van der Waals surface area contributed by atoms with Crippen molar-refractivity contribution in [2.75, 3.05) is 36.0 Å².